The van der Waals surface area contributed by atoms with E-state index in [-0.39, 0.29) is 6.10 Å². The molecule has 0 spiro atoms. The van der Waals surface area contributed by atoms with Crippen molar-refractivity contribution < 1.29 is 5.11 Å². The molecule has 3 heteroatoms. The molecule has 0 amide bonds. The molecule has 1 aromatic rings. The number of likely N-dealkylation sites (tertiary alicyclic amines) is 1. The molecule has 1 aromatic carbocycles. The number of halogens is 1. The predicted molar refractivity (Wildman–Crippen MR) is 76.0 cm³/mol. The molecule has 2 rings (SSSR count). The van der Waals surface area contributed by atoms with Gasteiger partial charge in [-0.3, -0.25) is 4.90 Å². The lowest BCUT2D eigenvalue weighted by molar-refractivity contribution is 0.127. The van der Waals surface area contributed by atoms with E-state index >= 15 is 0 Å². The van der Waals surface area contributed by atoms with Crippen molar-refractivity contribution in [2.75, 3.05) is 13.1 Å². The highest BCUT2D eigenvalue weighted by Crippen LogP contribution is 2.25. The van der Waals surface area contributed by atoms with Crippen LogP contribution in [0.25, 0.3) is 0 Å². The first-order valence-electron chi connectivity index (χ1n) is 6.63. The van der Waals surface area contributed by atoms with Gasteiger partial charge in [-0.2, -0.15) is 0 Å². The second-order valence-corrected chi connectivity index (χ2v) is 5.98. The van der Waals surface area contributed by atoms with Gasteiger partial charge in [0.25, 0.3) is 0 Å². The monoisotopic (exact) mass is 267 g/mol. The zero-order valence-corrected chi connectivity index (χ0v) is 12.2. The van der Waals surface area contributed by atoms with Crippen LogP contribution in [0.1, 0.15) is 30.0 Å². The van der Waals surface area contributed by atoms with Gasteiger partial charge in [-0.15, -0.1) is 0 Å². The SMILES string of the molecule is Cc1cc(Cl)cc(C)c1CN1CCC(C(C)O)C1. The summed E-state index contributed by atoms with van der Waals surface area (Å²) in [6.45, 7) is 9.19. The Balaban J connectivity index is 2.07. The van der Waals surface area contributed by atoms with Crippen LogP contribution in [0.15, 0.2) is 12.1 Å². The largest absolute Gasteiger partial charge is 0.393 e. The molecule has 0 radical (unpaired) electrons. The highest BCUT2D eigenvalue weighted by Gasteiger charge is 2.26. The van der Waals surface area contributed by atoms with Crippen molar-refractivity contribution in [3.05, 3.63) is 33.8 Å². The van der Waals surface area contributed by atoms with Crippen LogP contribution in [0.3, 0.4) is 0 Å². The number of hydrogen-bond donors (Lipinski definition) is 1. The van der Waals surface area contributed by atoms with Gasteiger partial charge in [-0.1, -0.05) is 11.6 Å². The third-order valence-corrected chi connectivity index (χ3v) is 4.25. The Hall–Kier alpha value is -0.570. The Kier molecular flexibility index (Phi) is 4.31. The van der Waals surface area contributed by atoms with Crippen LogP contribution < -0.4 is 0 Å². The molecule has 18 heavy (non-hydrogen) atoms. The fourth-order valence-corrected chi connectivity index (χ4v) is 3.14. The van der Waals surface area contributed by atoms with E-state index in [1.807, 2.05) is 19.1 Å². The maximum Gasteiger partial charge on any atom is 0.0552 e. The standard InChI is InChI=1S/C15H22ClNO/c1-10-6-14(16)7-11(2)15(10)9-17-5-4-13(8-17)12(3)18/h6-7,12-13,18H,4-5,8-9H2,1-3H3. The van der Waals surface area contributed by atoms with Crippen molar-refractivity contribution in [3.8, 4) is 0 Å². The van der Waals surface area contributed by atoms with Crippen LogP contribution in [0.4, 0.5) is 0 Å². The number of hydrogen-bond acceptors (Lipinski definition) is 2. The van der Waals surface area contributed by atoms with Gasteiger partial charge >= 0.3 is 0 Å². The number of aliphatic hydroxyl groups is 1. The van der Waals surface area contributed by atoms with Gasteiger partial charge in [0.1, 0.15) is 0 Å². The van der Waals surface area contributed by atoms with Gasteiger partial charge in [-0.05, 0) is 68.5 Å². The van der Waals surface area contributed by atoms with Crippen molar-refractivity contribution in [1.82, 2.24) is 4.90 Å². The zero-order chi connectivity index (χ0) is 13.3. The highest BCUT2D eigenvalue weighted by atomic mass is 35.5. The summed E-state index contributed by atoms with van der Waals surface area (Å²) in [6.07, 6.45) is 0.908. The van der Waals surface area contributed by atoms with Crippen LogP contribution in [-0.2, 0) is 6.54 Å². The third-order valence-electron chi connectivity index (χ3n) is 4.03. The highest BCUT2D eigenvalue weighted by molar-refractivity contribution is 6.30. The Morgan fingerprint density at radius 3 is 2.50 bits per heavy atom. The molecule has 1 fully saturated rings. The van der Waals surface area contributed by atoms with E-state index < -0.39 is 0 Å². The molecule has 2 atom stereocenters. The summed E-state index contributed by atoms with van der Waals surface area (Å²) >= 11 is 6.06. The van der Waals surface area contributed by atoms with Crippen molar-refractivity contribution >= 4 is 11.6 Å². The average Bonchev–Trinajstić information content (AvgIpc) is 2.71. The Morgan fingerprint density at radius 2 is 2.00 bits per heavy atom. The minimum Gasteiger partial charge on any atom is -0.393 e. The van der Waals surface area contributed by atoms with Gasteiger partial charge in [0.05, 0.1) is 6.10 Å². The number of rotatable bonds is 3. The average molecular weight is 268 g/mol. The number of aliphatic hydroxyl groups excluding tert-OH is 1. The van der Waals surface area contributed by atoms with E-state index in [0.717, 1.165) is 31.1 Å². The lowest BCUT2D eigenvalue weighted by Gasteiger charge is -2.20. The van der Waals surface area contributed by atoms with Gasteiger partial charge in [0.15, 0.2) is 0 Å². The molecule has 100 valence electrons. The third kappa shape index (κ3) is 3.05. The van der Waals surface area contributed by atoms with Gasteiger partial charge in [-0.25, -0.2) is 0 Å². The molecule has 1 aliphatic rings. The fourth-order valence-electron chi connectivity index (χ4n) is 2.81. The first kappa shape index (κ1) is 13.9. The second kappa shape index (κ2) is 5.60. The second-order valence-electron chi connectivity index (χ2n) is 5.54. The van der Waals surface area contributed by atoms with Crippen molar-refractivity contribution in [3.63, 3.8) is 0 Å². The number of nitrogens with zero attached hydrogens (tertiary/aromatic N) is 1. The Morgan fingerprint density at radius 1 is 1.39 bits per heavy atom. The molecule has 0 aromatic heterocycles. The van der Waals surface area contributed by atoms with Gasteiger partial charge < -0.3 is 5.11 Å². The van der Waals surface area contributed by atoms with E-state index in [4.69, 9.17) is 11.6 Å². The van der Waals surface area contributed by atoms with E-state index in [2.05, 4.69) is 18.7 Å². The van der Waals surface area contributed by atoms with Gasteiger partial charge in [0, 0.05) is 18.1 Å². The molecule has 1 heterocycles. The van der Waals surface area contributed by atoms with Crippen molar-refractivity contribution in [2.45, 2.75) is 39.8 Å². The van der Waals surface area contributed by atoms with Gasteiger partial charge in [0.2, 0.25) is 0 Å². The molecule has 1 N–H and O–H groups in total. The van der Waals surface area contributed by atoms with E-state index in [9.17, 15) is 5.11 Å². The summed E-state index contributed by atoms with van der Waals surface area (Å²) in [5.41, 5.74) is 3.91. The molecule has 1 saturated heterocycles. The lowest BCUT2D eigenvalue weighted by atomic mass is 10.0. The van der Waals surface area contributed by atoms with Crippen LogP contribution in [0.2, 0.25) is 5.02 Å². The number of aryl methyl sites for hydroxylation is 2. The summed E-state index contributed by atoms with van der Waals surface area (Å²) in [6, 6.07) is 4.07. The van der Waals surface area contributed by atoms with Crippen LogP contribution in [0.5, 0.6) is 0 Å². The molecule has 1 aliphatic heterocycles. The number of benzene rings is 1. The Bertz CT molecular complexity index is 407. The van der Waals surface area contributed by atoms with Crippen molar-refractivity contribution in [2.24, 2.45) is 5.92 Å². The molecular formula is C15H22ClNO. The summed E-state index contributed by atoms with van der Waals surface area (Å²) in [4.78, 5) is 2.43. The molecule has 2 nitrogen and oxygen atoms in total. The minimum atomic E-state index is -0.192. The smallest absolute Gasteiger partial charge is 0.0552 e. The first-order valence-corrected chi connectivity index (χ1v) is 7.01. The molecular weight excluding hydrogens is 246 g/mol. The summed E-state index contributed by atoms with van der Waals surface area (Å²) < 4.78 is 0. The van der Waals surface area contributed by atoms with Crippen LogP contribution >= 0.6 is 11.6 Å². The summed E-state index contributed by atoms with van der Waals surface area (Å²) in [5.74, 6) is 0.429. The normalized spacial score (nSPS) is 22.4. The van der Waals surface area contributed by atoms with E-state index in [1.54, 1.807) is 0 Å². The van der Waals surface area contributed by atoms with Crippen LogP contribution in [-0.4, -0.2) is 29.2 Å². The molecule has 0 saturated carbocycles. The Labute approximate surface area is 115 Å². The quantitative estimate of drug-likeness (QED) is 0.909. The molecule has 0 bridgehead atoms. The molecule has 0 aliphatic carbocycles. The fraction of sp³-hybridized carbons (Fsp3) is 0.600. The maximum atomic E-state index is 9.64. The van der Waals surface area contributed by atoms with Crippen molar-refractivity contribution in [1.29, 1.82) is 0 Å². The summed E-state index contributed by atoms with van der Waals surface area (Å²) in [5, 5.41) is 10.5. The summed E-state index contributed by atoms with van der Waals surface area (Å²) in [7, 11) is 0. The van der Waals surface area contributed by atoms with E-state index in [1.165, 1.54) is 16.7 Å². The predicted octanol–water partition coefficient (Wildman–Crippen LogP) is 3.16. The minimum absolute atomic E-state index is 0.192. The topological polar surface area (TPSA) is 23.5 Å². The first-order chi connectivity index (χ1) is 8.47. The zero-order valence-electron chi connectivity index (χ0n) is 11.4. The maximum absolute atomic E-state index is 9.64. The van der Waals surface area contributed by atoms with Crippen LogP contribution in [0, 0.1) is 19.8 Å². The van der Waals surface area contributed by atoms with E-state index in [0.29, 0.717) is 5.92 Å². The lowest BCUT2D eigenvalue weighted by Crippen LogP contribution is -2.24. The molecule has 2 unspecified atom stereocenters.